The normalized spacial score (nSPS) is 13.3. The number of halogens is 4. The second-order valence-corrected chi connectivity index (χ2v) is 9.10. The maximum absolute atomic E-state index is 14.2. The molecule has 0 aliphatic carbocycles. The van der Waals surface area contributed by atoms with Crippen LogP contribution in [0.4, 0.5) is 17.6 Å². The fraction of sp³-hybridized carbons (Fsp3) is 0.263. The minimum atomic E-state index is -4.65. The third-order valence-corrected chi connectivity index (χ3v) is 5.98. The molecule has 2 aromatic carbocycles. The summed E-state index contributed by atoms with van der Waals surface area (Å²) in [6.07, 6.45) is -3.95. The average molecular weight is 399 g/mol. The third kappa shape index (κ3) is 3.45. The van der Waals surface area contributed by atoms with Gasteiger partial charge in [0.1, 0.15) is 5.82 Å². The van der Waals surface area contributed by atoms with E-state index >= 15 is 0 Å². The third-order valence-electron chi connectivity index (χ3n) is 4.31. The summed E-state index contributed by atoms with van der Waals surface area (Å²) in [4.78, 5) is -0.0632. The van der Waals surface area contributed by atoms with E-state index in [-0.39, 0.29) is 15.8 Å². The molecule has 27 heavy (non-hydrogen) atoms. The van der Waals surface area contributed by atoms with E-state index in [9.17, 15) is 26.0 Å². The molecule has 144 valence electrons. The SMILES string of the molecule is CC(C)(C)c1cccc(S(=O)(=O)n2cc(F)c3cc(C(F)(F)F)ccc32)c1. The summed E-state index contributed by atoms with van der Waals surface area (Å²) >= 11 is 0. The second-order valence-electron chi connectivity index (χ2n) is 7.29. The van der Waals surface area contributed by atoms with Gasteiger partial charge >= 0.3 is 6.18 Å². The van der Waals surface area contributed by atoms with Gasteiger partial charge in [-0.1, -0.05) is 32.9 Å². The lowest BCUT2D eigenvalue weighted by Gasteiger charge is -2.20. The molecule has 0 N–H and O–H groups in total. The van der Waals surface area contributed by atoms with Crippen molar-refractivity contribution in [1.82, 2.24) is 3.97 Å². The Balaban J connectivity index is 2.20. The Morgan fingerprint density at radius 3 is 2.19 bits per heavy atom. The maximum atomic E-state index is 14.2. The van der Waals surface area contributed by atoms with Crippen LogP contribution in [0.25, 0.3) is 10.9 Å². The highest BCUT2D eigenvalue weighted by Gasteiger charge is 2.32. The summed E-state index contributed by atoms with van der Waals surface area (Å²) < 4.78 is 79.5. The first-order valence-electron chi connectivity index (χ1n) is 8.06. The number of alkyl halides is 3. The number of hydrogen-bond acceptors (Lipinski definition) is 2. The molecule has 8 heteroatoms. The van der Waals surface area contributed by atoms with Crippen molar-refractivity contribution in [1.29, 1.82) is 0 Å². The lowest BCUT2D eigenvalue weighted by atomic mass is 9.87. The average Bonchev–Trinajstić information content (AvgIpc) is 2.91. The van der Waals surface area contributed by atoms with E-state index in [0.717, 1.165) is 17.7 Å². The predicted molar refractivity (Wildman–Crippen MR) is 94.6 cm³/mol. The first kappa shape index (κ1) is 19.4. The van der Waals surface area contributed by atoms with Crippen LogP contribution in [-0.2, 0) is 21.6 Å². The molecular weight excluding hydrogens is 382 g/mol. The number of fused-ring (bicyclic) bond motifs is 1. The Morgan fingerprint density at radius 1 is 0.926 bits per heavy atom. The molecular formula is C19H17F4NO2S. The van der Waals surface area contributed by atoms with Crippen LogP contribution >= 0.6 is 0 Å². The van der Waals surface area contributed by atoms with Gasteiger partial charge in [0.25, 0.3) is 10.0 Å². The largest absolute Gasteiger partial charge is 0.416 e. The molecule has 0 radical (unpaired) electrons. The van der Waals surface area contributed by atoms with Gasteiger partial charge in [-0.05, 0) is 41.3 Å². The summed E-state index contributed by atoms with van der Waals surface area (Å²) in [5.41, 5.74) is -0.739. The van der Waals surface area contributed by atoms with Gasteiger partial charge in [0.15, 0.2) is 0 Å². The number of rotatable bonds is 2. The summed E-state index contributed by atoms with van der Waals surface area (Å²) in [5, 5.41) is -0.402. The molecule has 3 rings (SSSR count). The molecule has 1 aromatic heterocycles. The highest BCUT2D eigenvalue weighted by Crippen LogP contribution is 2.34. The lowest BCUT2D eigenvalue weighted by Crippen LogP contribution is -2.15. The van der Waals surface area contributed by atoms with Gasteiger partial charge in [-0.2, -0.15) is 13.2 Å². The number of aromatic nitrogens is 1. The number of hydrogen-bond donors (Lipinski definition) is 0. The van der Waals surface area contributed by atoms with Crippen LogP contribution in [0.5, 0.6) is 0 Å². The molecule has 0 unspecified atom stereocenters. The lowest BCUT2D eigenvalue weighted by molar-refractivity contribution is -0.137. The minimum absolute atomic E-state index is 0.0632. The van der Waals surface area contributed by atoms with Gasteiger partial charge < -0.3 is 0 Å². The number of nitrogens with zero attached hydrogens (tertiary/aromatic N) is 1. The van der Waals surface area contributed by atoms with E-state index < -0.39 is 33.0 Å². The molecule has 0 saturated carbocycles. The highest BCUT2D eigenvalue weighted by atomic mass is 32.2. The standard InChI is InChI=1S/C19H17F4NO2S/c1-18(2,3)12-5-4-6-14(9-12)27(25,26)24-11-16(20)15-10-13(19(21,22)23)7-8-17(15)24/h4-11H,1-3H3. The van der Waals surface area contributed by atoms with Crippen LogP contribution in [0.2, 0.25) is 0 Å². The van der Waals surface area contributed by atoms with E-state index in [0.29, 0.717) is 16.2 Å². The summed E-state index contributed by atoms with van der Waals surface area (Å²) in [6.45, 7) is 5.76. The van der Waals surface area contributed by atoms with Gasteiger partial charge in [0, 0.05) is 5.39 Å². The van der Waals surface area contributed by atoms with Crippen molar-refractivity contribution in [3.63, 3.8) is 0 Å². The van der Waals surface area contributed by atoms with Crippen molar-refractivity contribution in [3.8, 4) is 0 Å². The highest BCUT2D eigenvalue weighted by molar-refractivity contribution is 7.90. The molecule has 0 atom stereocenters. The van der Waals surface area contributed by atoms with E-state index in [1.54, 1.807) is 12.1 Å². The van der Waals surface area contributed by atoms with E-state index in [1.807, 2.05) is 20.8 Å². The number of benzene rings is 2. The Labute approximate surface area is 154 Å². The maximum Gasteiger partial charge on any atom is 0.416 e. The Kier molecular flexibility index (Phi) is 4.38. The zero-order chi connectivity index (χ0) is 20.2. The minimum Gasteiger partial charge on any atom is -0.238 e. The monoisotopic (exact) mass is 399 g/mol. The quantitative estimate of drug-likeness (QED) is 0.546. The molecule has 0 aliphatic heterocycles. The van der Waals surface area contributed by atoms with E-state index in [2.05, 4.69) is 0 Å². The summed E-state index contributed by atoms with van der Waals surface area (Å²) in [7, 11) is -4.18. The van der Waals surface area contributed by atoms with E-state index in [1.165, 1.54) is 12.1 Å². The van der Waals surface area contributed by atoms with Gasteiger partial charge in [-0.15, -0.1) is 0 Å². The first-order chi connectivity index (χ1) is 12.3. The van der Waals surface area contributed by atoms with Crippen LogP contribution < -0.4 is 0 Å². The molecule has 0 amide bonds. The molecule has 3 nitrogen and oxygen atoms in total. The van der Waals surface area contributed by atoms with Crippen LogP contribution in [0, 0.1) is 5.82 Å². The topological polar surface area (TPSA) is 39.1 Å². The van der Waals surface area contributed by atoms with Gasteiger partial charge in [0.2, 0.25) is 0 Å². The van der Waals surface area contributed by atoms with Crippen LogP contribution in [0.15, 0.2) is 53.6 Å². The van der Waals surface area contributed by atoms with Crippen molar-refractivity contribution in [2.75, 3.05) is 0 Å². The van der Waals surface area contributed by atoms with Crippen molar-refractivity contribution in [2.24, 2.45) is 0 Å². The molecule has 1 heterocycles. The first-order valence-corrected chi connectivity index (χ1v) is 9.50. The zero-order valence-electron chi connectivity index (χ0n) is 14.8. The summed E-state index contributed by atoms with van der Waals surface area (Å²) in [6, 6.07) is 8.54. The second kappa shape index (κ2) is 6.09. The fourth-order valence-electron chi connectivity index (χ4n) is 2.77. The fourth-order valence-corrected chi connectivity index (χ4v) is 4.18. The smallest absolute Gasteiger partial charge is 0.238 e. The van der Waals surface area contributed by atoms with Gasteiger partial charge in [-0.3, -0.25) is 0 Å². The summed E-state index contributed by atoms with van der Waals surface area (Å²) in [5.74, 6) is -1.04. The van der Waals surface area contributed by atoms with Crippen molar-refractivity contribution >= 4 is 20.9 Å². The van der Waals surface area contributed by atoms with Crippen LogP contribution in [0.1, 0.15) is 31.9 Å². The van der Waals surface area contributed by atoms with Crippen molar-refractivity contribution < 1.29 is 26.0 Å². The van der Waals surface area contributed by atoms with Crippen LogP contribution in [0.3, 0.4) is 0 Å². The molecule has 0 spiro atoms. The molecule has 0 bridgehead atoms. The zero-order valence-corrected chi connectivity index (χ0v) is 15.6. The molecule has 3 aromatic rings. The van der Waals surface area contributed by atoms with Gasteiger partial charge in [-0.25, -0.2) is 16.8 Å². The van der Waals surface area contributed by atoms with E-state index in [4.69, 9.17) is 0 Å². The molecule has 0 aliphatic rings. The van der Waals surface area contributed by atoms with Crippen LogP contribution in [-0.4, -0.2) is 12.4 Å². The molecule has 0 fully saturated rings. The van der Waals surface area contributed by atoms with Crippen molar-refractivity contribution in [3.05, 3.63) is 65.6 Å². The Bertz CT molecular complexity index is 1120. The predicted octanol–water partition coefficient (Wildman–Crippen LogP) is 5.33. The van der Waals surface area contributed by atoms with Gasteiger partial charge in [0.05, 0.1) is 22.2 Å². The molecule has 0 saturated heterocycles. The Hall–Kier alpha value is -2.35. The van der Waals surface area contributed by atoms with Crippen molar-refractivity contribution in [2.45, 2.75) is 37.3 Å². The Morgan fingerprint density at radius 2 is 1.59 bits per heavy atom.